The maximum atomic E-state index is 14.9. The Morgan fingerprint density at radius 3 is 2.36 bits per heavy atom. The minimum atomic E-state index is -0.865. The number of nitrogens with zero attached hydrogens (tertiary/aromatic N) is 2. The Morgan fingerprint density at radius 1 is 1.12 bits per heavy atom. The molecule has 0 aliphatic heterocycles. The third-order valence-corrected chi connectivity index (χ3v) is 3.74. The normalized spacial score (nSPS) is 10.7. The molecule has 1 heterocycles. The molecule has 2 aromatic carbocycles. The summed E-state index contributed by atoms with van der Waals surface area (Å²) in [5.74, 6) is -2.11. The van der Waals surface area contributed by atoms with Crippen LogP contribution in [0, 0.1) is 11.6 Å². The average molecular weight is 363 g/mol. The molecule has 0 amide bonds. The predicted molar refractivity (Wildman–Crippen MR) is 89.9 cm³/mol. The van der Waals surface area contributed by atoms with Crippen molar-refractivity contribution in [2.24, 2.45) is 0 Å². The first-order valence-corrected chi connectivity index (χ1v) is 7.86. The van der Waals surface area contributed by atoms with Crippen LogP contribution in [0.1, 0.15) is 17.4 Å². The Bertz CT molecular complexity index is 906. The first-order valence-electron chi connectivity index (χ1n) is 7.48. The number of rotatable bonds is 4. The van der Waals surface area contributed by atoms with Gasteiger partial charge in [0.2, 0.25) is 5.69 Å². The van der Waals surface area contributed by atoms with E-state index < -0.39 is 23.3 Å². The molecule has 1 aromatic heterocycles. The maximum absolute atomic E-state index is 14.9. The average Bonchev–Trinajstić information content (AvgIpc) is 2.94. The molecule has 0 N–H and O–H groups in total. The number of halogens is 3. The summed E-state index contributed by atoms with van der Waals surface area (Å²) in [5.41, 5.74) is 0.498. The van der Waals surface area contributed by atoms with Crippen molar-refractivity contribution in [1.29, 1.82) is 0 Å². The Kier molecular flexibility index (Phi) is 4.81. The van der Waals surface area contributed by atoms with E-state index in [2.05, 4.69) is 5.10 Å². The van der Waals surface area contributed by atoms with Gasteiger partial charge in [-0.1, -0.05) is 23.7 Å². The molecular formula is C18H13ClF2N2O2. The van der Waals surface area contributed by atoms with Gasteiger partial charge in [-0.2, -0.15) is 5.10 Å². The van der Waals surface area contributed by atoms with Gasteiger partial charge in [0.25, 0.3) is 0 Å². The van der Waals surface area contributed by atoms with Gasteiger partial charge >= 0.3 is 5.97 Å². The van der Waals surface area contributed by atoms with Crippen molar-refractivity contribution < 1.29 is 18.3 Å². The first-order chi connectivity index (χ1) is 12.0. The summed E-state index contributed by atoms with van der Waals surface area (Å²) in [7, 11) is 0. The zero-order valence-electron chi connectivity index (χ0n) is 13.2. The van der Waals surface area contributed by atoms with E-state index in [1.807, 2.05) is 0 Å². The number of ether oxygens (including phenoxy) is 1. The number of carbonyl (C=O) groups is 1. The molecule has 0 saturated heterocycles. The van der Waals surface area contributed by atoms with E-state index in [0.29, 0.717) is 16.3 Å². The highest BCUT2D eigenvalue weighted by Gasteiger charge is 2.26. The SMILES string of the molecule is CCOC(=O)c1nn(-c2ccc(F)cc2)c(-c2ccc(Cl)cc2)c1F. The smallest absolute Gasteiger partial charge is 0.361 e. The summed E-state index contributed by atoms with van der Waals surface area (Å²) in [6.07, 6.45) is 0. The molecule has 0 aliphatic carbocycles. The molecule has 0 atom stereocenters. The summed E-state index contributed by atoms with van der Waals surface area (Å²) < 4.78 is 34.2. The van der Waals surface area contributed by atoms with E-state index in [9.17, 15) is 13.6 Å². The standard InChI is InChI=1S/C18H13ClF2N2O2/c1-2-25-18(24)16-15(21)17(11-3-5-12(19)6-4-11)23(22-16)14-9-7-13(20)8-10-14/h3-10H,2H2,1H3. The Hall–Kier alpha value is -2.73. The highest BCUT2D eigenvalue weighted by molar-refractivity contribution is 6.30. The van der Waals surface area contributed by atoms with Crippen molar-refractivity contribution >= 4 is 17.6 Å². The van der Waals surface area contributed by atoms with Gasteiger partial charge in [0, 0.05) is 10.6 Å². The van der Waals surface area contributed by atoms with Crippen molar-refractivity contribution in [3.8, 4) is 16.9 Å². The fourth-order valence-electron chi connectivity index (χ4n) is 2.35. The molecule has 4 nitrogen and oxygen atoms in total. The highest BCUT2D eigenvalue weighted by Crippen LogP contribution is 2.29. The number of hydrogen-bond acceptors (Lipinski definition) is 3. The third kappa shape index (κ3) is 3.39. The van der Waals surface area contributed by atoms with Crippen molar-refractivity contribution in [3.05, 3.63) is 70.9 Å². The van der Waals surface area contributed by atoms with E-state index in [0.717, 1.165) is 0 Å². The summed E-state index contributed by atoms with van der Waals surface area (Å²) >= 11 is 5.88. The van der Waals surface area contributed by atoms with Crippen LogP contribution in [0.5, 0.6) is 0 Å². The monoisotopic (exact) mass is 362 g/mol. The lowest BCUT2D eigenvalue weighted by Gasteiger charge is -2.07. The molecule has 3 aromatic rings. The van der Waals surface area contributed by atoms with Crippen LogP contribution < -0.4 is 0 Å². The number of carbonyl (C=O) groups excluding carboxylic acids is 1. The molecule has 0 unspecified atom stereocenters. The second-order valence-electron chi connectivity index (χ2n) is 5.13. The largest absolute Gasteiger partial charge is 0.461 e. The molecule has 0 bridgehead atoms. The quantitative estimate of drug-likeness (QED) is 0.635. The zero-order valence-corrected chi connectivity index (χ0v) is 13.9. The lowest BCUT2D eigenvalue weighted by atomic mass is 10.1. The Labute approximate surface area is 147 Å². The van der Waals surface area contributed by atoms with Crippen LogP contribution in [-0.4, -0.2) is 22.4 Å². The fraction of sp³-hybridized carbons (Fsp3) is 0.111. The van der Waals surface area contributed by atoms with Crippen molar-refractivity contribution in [1.82, 2.24) is 9.78 Å². The topological polar surface area (TPSA) is 44.1 Å². The van der Waals surface area contributed by atoms with Gasteiger partial charge in [0.05, 0.1) is 12.3 Å². The molecule has 0 saturated carbocycles. The number of esters is 1. The molecular weight excluding hydrogens is 350 g/mol. The maximum Gasteiger partial charge on any atom is 0.361 e. The number of aromatic nitrogens is 2. The number of hydrogen-bond donors (Lipinski definition) is 0. The first kappa shape index (κ1) is 17.1. The van der Waals surface area contributed by atoms with Crippen LogP contribution in [-0.2, 0) is 4.74 Å². The van der Waals surface area contributed by atoms with Gasteiger partial charge in [-0.15, -0.1) is 0 Å². The van der Waals surface area contributed by atoms with Gasteiger partial charge < -0.3 is 4.74 Å². The molecule has 3 rings (SSSR count). The Balaban J connectivity index is 2.21. The number of benzene rings is 2. The second-order valence-corrected chi connectivity index (χ2v) is 5.56. The summed E-state index contributed by atoms with van der Waals surface area (Å²) in [6, 6.07) is 11.8. The molecule has 0 fully saturated rings. The van der Waals surface area contributed by atoms with E-state index in [-0.39, 0.29) is 12.3 Å². The van der Waals surface area contributed by atoms with Gasteiger partial charge in [-0.3, -0.25) is 0 Å². The third-order valence-electron chi connectivity index (χ3n) is 3.49. The molecule has 25 heavy (non-hydrogen) atoms. The molecule has 128 valence electrons. The summed E-state index contributed by atoms with van der Waals surface area (Å²) in [5, 5.41) is 4.53. The van der Waals surface area contributed by atoms with E-state index in [1.54, 1.807) is 31.2 Å². The minimum absolute atomic E-state index is 0.0614. The van der Waals surface area contributed by atoms with Crippen LogP contribution in [0.25, 0.3) is 16.9 Å². The summed E-state index contributed by atoms with van der Waals surface area (Å²) in [6.45, 7) is 1.71. The van der Waals surface area contributed by atoms with Crippen LogP contribution in [0.4, 0.5) is 8.78 Å². The second kappa shape index (κ2) is 7.03. The van der Waals surface area contributed by atoms with E-state index in [4.69, 9.17) is 16.3 Å². The highest BCUT2D eigenvalue weighted by atomic mass is 35.5. The lowest BCUT2D eigenvalue weighted by molar-refractivity contribution is 0.0513. The fourth-order valence-corrected chi connectivity index (χ4v) is 2.48. The molecule has 7 heteroatoms. The van der Waals surface area contributed by atoms with Crippen molar-refractivity contribution in [2.45, 2.75) is 6.92 Å². The van der Waals surface area contributed by atoms with Crippen LogP contribution in [0.2, 0.25) is 5.02 Å². The van der Waals surface area contributed by atoms with E-state index >= 15 is 0 Å². The zero-order chi connectivity index (χ0) is 18.0. The van der Waals surface area contributed by atoms with Crippen LogP contribution in [0.3, 0.4) is 0 Å². The van der Waals surface area contributed by atoms with Gasteiger partial charge in [-0.25, -0.2) is 18.3 Å². The lowest BCUT2D eigenvalue weighted by Crippen LogP contribution is -2.08. The van der Waals surface area contributed by atoms with Gasteiger partial charge in [0.15, 0.2) is 5.82 Å². The van der Waals surface area contributed by atoms with Crippen molar-refractivity contribution in [3.63, 3.8) is 0 Å². The molecule has 0 radical (unpaired) electrons. The van der Waals surface area contributed by atoms with Crippen LogP contribution >= 0.6 is 11.6 Å². The molecule has 0 aliphatic rings. The molecule has 0 spiro atoms. The van der Waals surface area contributed by atoms with E-state index in [1.165, 1.54) is 28.9 Å². The van der Waals surface area contributed by atoms with Gasteiger partial charge in [0.1, 0.15) is 11.5 Å². The summed E-state index contributed by atoms with van der Waals surface area (Å²) in [4.78, 5) is 12.0. The minimum Gasteiger partial charge on any atom is -0.461 e. The predicted octanol–water partition coefficient (Wildman–Crippen LogP) is 4.65. The van der Waals surface area contributed by atoms with Crippen LogP contribution in [0.15, 0.2) is 48.5 Å². The van der Waals surface area contributed by atoms with Gasteiger partial charge in [-0.05, 0) is 43.3 Å². The Morgan fingerprint density at radius 2 is 1.76 bits per heavy atom. The van der Waals surface area contributed by atoms with Crippen molar-refractivity contribution in [2.75, 3.05) is 6.61 Å².